The molecule has 1 aromatic carbocycles. The van der Waals surface area contributed by atoms with Gasteiger partial charge in [-0.25, -0.2) is 9.97 Å². The van der Waals surface area contributed by atoms with Crippen molar-refractivity contribution in [1.29, 1.82) is 0 Å². The van der Waals surface area contributed by atoms with Crippen LogP contribution in [0.2, 0.25) is 0 Å². The maximum Gasteiger partial charge on any atom is 0.274 e. The van der Waals surface area contributed by atoms with Gasteiger partial charge in [-0.15, -0.1) is 0 Å². The van der Waals surface area contributed by atoms with Crippen molar-refractivity contribution >= 4 is 28.3 Å². The van der Waals surface area contributed by atoms with E-state index < -0.39 is 0 Å². The van der Waals surface area contributed by atoms with Gasteiger partial charge >= 0.3 is 0 Å². The zero-order chi connectivity index (χ0) is 19.3. The Hall–Kier alpha value is -3.87. The Kier molecular flexibility index (Phi) is 4.88. The van der Waals surface area contributed by atoms with E-state index in [0.717, 1.165) is 16.5 Å². The van der Waals surface area contributed by atoms with Crippen molar-refractivity contribution in [2.75, 3.05) is 10.6 Å². The zero-order valence-electron chi connectivity index (χ0n) is 15.3. The van der Waals surface area contributed by atoms with Crippen LogP contribution in [-0.4, -0.2) is 25.8 Å². The number of aryl methyl sites for hydroxylation is 1. The lowest BCUT2D eigenvalue weighted by molar-refractivity contribution is 0.102. The normalized spacial score (nSPS) is 10.6. The molecule has 4 aromatic rings. The van der Waals surface area contributed by atoms with E-state index in [1.54, 1.807) is 31.6 Å². The Morgan fingerprint density at radius 1 is 1.04 bits per heavy atom. The highest BCUT2D eigenvalue weighted by Gasteiger charge is 2.13. The van der Waals surface area contributed by atoms with Crippen molar-refractivity contribution in [3.05, 3.63) is 84.2 Å². The van der Waals surface area contributed by atoms with Crippen LogP contribution in [0, 0.1) is 6.92 Å². The molecule has 138 valence electrons. The van der Waals surface area contributed by atoms with E-state index in [9.17, 15) is 4.79 Å². The Balaban J connectivity index is 1.55. The quantitative estimate of drug-likeness (QED) is 0.558. The number of aromatic nitrogens is 4. The number of pyridine rings is 2. The third-order valence-corrected chi connectivity index (χ3v) is 4.15. The third kappa shape index (κ3) is 3.93. The SMILES string of the molecule is Cc1nc(NCc2cccnc2)cc(C(=O)Nc2cccc3cccnc23)n1. The van der Waals surface area contributed by atoms with Gasteiger partial charge in [-0.05, 0) is 30.7 Å². The Morgan fingerprint density at radius 2 is 1.89 bits per heavy atom. The molecule has 0 radical (unpaired) electrons. The lowest BCUT2D eigenvalue weighted by Crippen LogP contribution is -2.16. The second kappa shape index (κ2) is 7.79. The Morgan fingerprint density at radius 3 is 2.75 bits per heavy atom. The van der Waals surface area contributed by atoms with Crippen LogP contribution in [0.1, 0.15) is 21.9 Å². The van der Waals surface area contributed by atoms with Crippen LogP contribution in [0.25, 0.3) is 10.9 Å². The summed E-state index contributed by atoms with van der Waals surface area (Å²) in [6.07, 6.45) is 5.21. The highest BCUT2D eigenvalue weighted by Crippen LogP contribution is 2.21. The van der Waals surface area contributed by atoms with E-state index >= 15 is 0 Å². The molecule has 7 heteroatoms. The molecule has 0 saturated carbocycles. The summed E-state index contributed by atoms with van der Waals surface area (Å²) in [6, 6.07) is 14.9. The maximum absolute atomic E-state index is 12.8. The number of anilines is 2. The number of amides is 1. The summed E-state index contributed by atoms with van der Waals surface area (Å²) in [5.74, 6) is 0.781. The van der Waals surface area contributed by atoms with Gasteiger partial charge in [0.1, 0.15) is 17.3 Å². The van der Waals surface area contributed by atoms with Crippen molar-refractivity contribution < 1.29 is 4.79 Å². The number of rotatable bonds is 5. The summed E-state index contributed by atoms with van der Waals surface area (Å²) in [7, 11) is 0. The average molecular weight is 370 g/mol. The van der Waals surface area contributed by atoms with Crippen LogP contribution in [0.3, 0.4) is 0 Å². The average Bonchev–Trinajstić information content (AvgIpc) is 2.73. The summed E-state index contributed by atoms with van der Waals surface area (Å²) in [6.45, 7) is 2.31. The molecule has 7 nitrogen and oxygen atoms in total. The minimum Gasteiger partial charge on any atom is -0.366 e. The summed E-state index contributed by atoms with van der Waals surface area (Å²) in [5, 5.41) is 7.06. The van der Waals surface area contributed by atoms with E-state index in [1.807, 2.05) is 42.5 Å². The van der Waals surface area contributed by atoms with Gasteiger partial charge in [-0.3, -0.25) is 14.8 Å². The minimum absolute atomic E-state index is 0.286. The van der Waals surface area contributed by atoms with Crippen LogP contribution in [0.15, 0.2) is 67.1 Å². The highest BCUT2D eigenvalue weighted by molar-refractivity contribution is 6.07. The molecule has 28 heavy (non-hydrogen) atoms. The van der Waals surface area contributed by atoms with Gasteiger partial charge in [0.05, 0.1) is 11.2 Å². The van der Waals surface area contributed by atoms with Gasteiger partial charge < -0.3 is 10.6 Å². The van der Waals surface area contributed by atoms with Crippen LogP contribution in [-0.2, 0) is 6.54 Å². The van der Waals surface area contributed by atoms with Crippen molar-refractivity contribution in [3.8, 4) is 0 Å². The van der Waals surface area contributed by atoms with E-state index in [4.69, 9.17) is 0 Å². The summed E-state index contributed by atoms with van der Waals surface area (Å²) < 4.78 is 0. The molecular formula is C21H18N6O. The number of nitrogens with one attached hydrogen (secondary N) is 2. The number of carbonyl (C=O) groups is 1. The first-order valence-corrected chi connectivity index (χ1v) is 8.82. The van der Waals surface area contributed by atoms with E-state index in [-0.39, 0.29) is 11.6 Å². The molecule has 0 unspecified atom stereocenters. The van der Waals surface area contributed by atoms with Crippen molar-refractivity contribution in [1.82, 2.24) is 19.9 Å². The van der Waals surface area contributed by atoms with Crippen molar-refractivity contribution in [3.63, 3.8) is 0 Å². The number of carbonyl (C=O) groups excluding carboxylic acids is 1. The smallest absolute Gasteiger partial charge is 0.274 e. The predicted octanol–water partition coefficient (Wildman–Crippen LogP) is 3.59. The summed E-state index contributed by atoms with van der Waals surface area (Å²) in [4.78, 5) is 29.8. The standard InChI is InChI=1S/C21H18N6O/c1-14-25-18(11-19(26-14)24-13-15-5-3-9-22-12-15)21(28)27-17-8-2-6-16-7-4-10-23-20(16)17/h2-12H,13H2,1H3,(H,27,28)(H,24,25,26). The maximum atomic E-state index is 12.8. The second-order valence-electron chi connectivity index (χ2n) is 6.24. The summed E-state index contributed by atoms with van der Waals surface area (Å²) >= 11 is 0. The number of fused-ring (bicyclic) bond motifs is 1. The molecule has 0 aliphatic rings. The molecule has 0 fully saturated rings. The molecule has 1 amide bonds. The van der Waals surface area contributed by atoms with Gasteiger partial charge in [0.2, 0.25) is 0 Å². The van der Waals surface area contributed by atoms with Crippen LogP contribution in [0.5, 0.6) is 0 Å². The third-order valence-electron chi connectivity index (χ3n) is 4.15. The summed E-state index contributed by atoms with van der Waals surface area (Å²) in [5.41, 5.74) is 2.68. The van der Waals surface area contributed by atoms with Gasteiger partial charge in [0.25, 0.3) is 5.91 Å². The fraction of sp³-hybridized carbons (Fsp3) is 0.0952. The molecule has 4 rings (SSSR count). The molecule has 0 saturated heterocycles. The van der Waals surface area contributed by atoms with Crippen LogP contribution >= 0.6 is 0 Å². The van der Waals surface area contributed by atoms with Gasteiger partial charge in [-0.2, -0.15) is 0 Å². The second-order valence-corrected chi connectivity index (χ2v) is 6.24. The molecule has 0 spiro atoms. The topological polar surface area (TPSA) is 92.7 Å². The Labute approximate surface area is 161 Å². The molecule has 0 aliphatic heterocycles. The number of nitrogens with zero attached hydrogens (tertiary/aromatic N) is 4. The molecule has 0 atom stereocenters. The number of hydrogen-bond donors (Lipinski definition) is 2. The predicted molar refractivity (Wildman–Crippen MR) is 108 cm³/mol. The Bertz CT molecular complexity index is 1120. The number of benzene rings is 1. The number of hydrogen-bond acceptors (Lipinski definition) is 6. The largest absolute Gasteiger partial charge is 0.366 e. The van der Waals surface area contributed by atoms with Crippen LogP contribution < -0.4 is 10.6 Å². The van der Waals surface area contributed by atoms with Crippen molar-refractivity contribution in [2.24, 2.45) is 0 Å². The van der Waals surface area contributed by atoms with Crippen LogP contribution in [0.4, 0.5) is 11.5 Å². The zero-order valence-corrected chi connectivity index (χ0v) is 15.3. The first kappa shape index (κ1) is 17.5. The molecule has 2 N–H and O–H groups in total. The van der Waals surface area contributed by atoms with Gasteiger partial charge in [0, 0.05) is 36.6 Å². The monoisotopic (exact) mass is 370 g/mol. The molecular weight excluding hydrogens is 352 g/mol. The van der Waals surface area contributed by atoms with E-state index in [2.05, 4.69) is 30.6 Å². The molecule has 3 aromatic heterocycles. The van der Waals surface area contributed by atoms with Gasteiger partial charge in [-0.1, -0.05) is 24.3 Å². The highest BCUT2D eigenvalue weighted by atomic mass is 16.1. The molecule has 0 aliphatic carbocycles. The fourth-order valence-electron chi connectivity index (χ4n) is 2.86. The van der Waals surface area contributed by atoms with Gasteiger partial charge in [0.15, 0.2) is 0 Å². The fourth-order valence-corrected chi connectivity index (χ4v) is 2.86. The first-order valence-electron chi connectivity index (χ1n) is 8.82. The van der Waals surface area contributed by atoms with Crippen molar-refractivity contribution in [2.45, 2.75) is 13.5 Å². The lowest BCUT2D eigenvalue weighted by Gasteiger charge is -2.10. The molecule has 3 heterocycles. The number of para-hydroxylation sites is 1. The molecule has 0 bridgehead atoms. The minimum atomic E-state index is -0.312. The first-order chi connectivity index (χ1) is 13.7. The van der Waals surface area contributed by atoms with E-state index in [1.165, 1.54) is 0 Å². The lowest BCUT2D eigenvalue weighted by atomic mass is 10.2. The van der Waals surface area contributed by atoms with E-state index in [0.29, 0.717) is 23.9 Å².